The number of carboxylic acids is 1. The first-order valence-corrected chi connectivity index (χ1v) is 6.32. The number of nitrogens with zero attached hydrogens (tertiary/aromatic N) is 1. The van der Waals surface area contributed by atoms with Gasteiger partial charge < -0.3 is 10.4 Å². The van der Waals surface area contributed by atoms with E-state index in [2.05, 4.69) is 10.3 Å². The first kappa shape index (κ1) is 13.6. The van der Waals surface area contributed by atoms with Gasteiger partial charge in [0.05, 0.1) is 5.69 Å². The Balaban J connectivity index is 2.42. The van der Waals surface area contributed by atoms with Crippen molar-refractivity contribution in [1.82, 2.24) is 4.98 Å². The van der Waals surface area contributed by atoms with Crippen LogP contribution in [-0.4, -0.2) is 22.0 Å². The number of rotatable bonds is 6. The maximum atomic E-state index is 11.5. The summed E-state index contributed by atoms with van der Waals surface area (Å²) < 4.78 is 0. The lowest BCUT2D eigenvalue weighted by Gasteiger charge is -1.99. The Bertz CT molecular complexity index is 415. The van der Waals surface area contributed by atoms with Gasteiger partial charge in [-0.05, 0) is 19.8 Å². The summed E-state index contributed by atoms with van der Waals surface area (Å²) in [6.45, 7) is 3.98. The van der Waals surface area contributed by atoms with Crippen LogP contribution >= 0.6 is 11.3 Å². The summed E-state index contributed by atoms with van der Waals surface area (Å²) >= 11 is 1.45. The van der Waals surface area contributed by atoms with E-state index in [0.29, 0.717) is 11.6 Å². The molecule has 0 spiro atoms. The van der Waals surface area contributed by atoms with Crippen molar-refractivity contribution < 1.29 is 14.7 Å². The molecule has 1 amide bonds. The predicted octanol–water partition coefficient (Wildman–Crippen LogP) is 2.21. The van der Waals surface area contributed by atoms with Crippen LogP contribution in [0.4, 0.5) is 5.13 Å². The molecule has 2 N–H and O–H groups in total. The molecule has 0 fully saturated rings. The fraction of sp³-hybridized carbons (Fsp3) is 0.545. The summed E-state index contributed by atoms with van der Waals surface area (Å²) in [5, 5.41) is 11.7. The number of hydrogen-bond acceptors (Lipinski definition) is 4. The van der Waals surface area contributed by atoms with E-state index in [1.54, 1.807) is 0 Å². The van der Waals surface area contributed by atoms with E-state index in [9.17, 15) is 9.59 Å². The molecular formula is C11H16N2O3S. The van der Waals surface area contributed by atoms with Gasteiger partial charge in [-0.2, -0.15) is 0 Å². The average Bonchev–Trinajstić information content (AvgIpc) is 2.58. The van der Waals surface area contributed by atoms with Crippen molar-refractivity contribution in [2.75, 3.05) is 5.32 Å². The SMILES string of the molecule is CCc1nc(NC(=O)CCCC(=O)O)sc1C. The molecule has 17 heavy (non-hydrogen) atoms. The normalized spacial score (nSPS) is 10.2. The molecule has 0 saturated carbocycles. The van der Waals surface area contributed by atoms with Gasteiger partial charge in [0.1, 0.15) is 0 Å². The average molecular weight is 256 g/mol. The Kier molecular flexibility index (Phi) is 5.09. The highest BCUT2D eigenvalue weighted by Crippen LogP contribution is 2.22. The molecule has 0 aliphatic heterocycles. The Labute approximate surface area is 104 Å². The van der Waals surface area contributed by atoms with Gasteiger partial charge in [-0.25, -0.2) is 4.98 Å². The molecule has 1 aromatic heterocycles. The number of carbonyl (C=O) groups is 2. The van der Waals surface area contributed by atoms with E-state index in [4.69, 9.17) is 5.11 Å². The van der Waals surface area contributed by atoms with Crippen molar-refractivity contribution >= 4 is 28.3 Å². The second-order valence-corrected chi connectivity index (χ2v) is 4.87. The predicted molar refractivity (Wildman–Crippen MR) is 66.3 cm³/mol. The molecule has 0 bridgehead atoms. The molecule has 5 nitrogen and oxygen atoms in total. The van der Waals surface area contributed by atoms with E-state index in [0.717, 1.165) is 17.0 Å². The van der Waals surface area contributed by atoms with Crippen molar-refractivity contribution in [1.29, 1.82) is 0 Å². The van der Waals surface area contributed by atoms with E-state index >= 15 is 0 Å². The Morgan fingerprint density at radius 1 is 1.41 bits per heavy atom. The van der Waals surface area contributed by atoms with Gasteiger partial charge in [0.2, 0.25) is 5.91 Å². The third kappa shape index (κ3) is 4.52. The lowest BCUT2D eigenvalue weighted by Crippen LogP contribution is -2.11. The summed E-state index contributed by atoms with van der Waals surface area (Å²) in [6.07, 6.45) is 1.43. The number of carboxylic acid groups (broad SMARTS) is 1. The topological polar surface area (TPSA) is 79.3 Å². The lowest BCUT2D eigenvalue weighted by molar-refractivity contribution is -0.137. The molecule has 1 rings (SSSR count). The number of anilines is 1. The number of amides is 1. The minimum atomic E-state index is -0.879. The highest BCUT2D eigenvalue weighted by atomic mass is 32.1. The zero-order chi connectivity index (χ0) is 12.8. The van der Waals surface area contributed by atoms with Crippen LogP contribution < -0.4 is 5.32 Å². The molecule has 94 valence electrons. The van der Waals surface area contributed by atoms with Crippen LogP contribution in [0, 0.1) is 6.92 Å². The van der Waals surface area contributed by atoms with E-state index < -0.39 is 5.97 Å². The number of thiazole rings is 1. The van der Waals surface area contributed by atoms with Crippen molar-refractivity contribution in [3.63, 3.8) is 0 Å². The van der Waals surface area contributed by atoms with E-state index in [1.165, 1.54) is 11.3 Å². The Morgan fingerprint density at radius 3 is 2.65 bits per heavy atom. The van der Waals surface area contributed by atoms with Crippen molar-refractivity contribution in [2.24, 2.45) is 0 Å². The van der Waals surface area contributed by atoms with Gasteiger partial charge in [0.15, 0.2) is 5.13 Å². The zero-order valence-electron chi connectivity index (χ0n) is 9.95. The number of aliphatic carboxylic acids is 1. The van der Waals surface area contributed by atoms with E-state index in [-0.39, 0.29) is 18.7 Å². The summed E-state index contributed by atoms with van der Waals surface area (Å²) in [5.41, 5.74) is 0.996. The highest BCUT2D eigenvalue weighted by molar-refractivity contribution is 7.15. The van der Waals surface area contributed by atoms with E-state index in [1.807, 2.05) is 13.8 Å². The summed E-state index contributed by atoms with van der Waals surface area (Å²) in [6, 6.07) is 0. The monoisotopic (exact) mass is 256 g/mol. The number of aromatic nitrogens is 1. The largest absolute Gasteiger partial charge is 0.481 e. The first-order chi connectivity index (χ1) is 8.02. The van der Waals surface area contributed by atoms with Crippen molar-refractivity contribution in [3.05, 3.63) is 10.6 Å². The summed E-state index contributed by atoms with van der Waals surface area (Å²) in [5.74, 6) is -1.06. The number of nitrogens with one attached hydrogen (secondary N) is 1. The fourth-order valence-corrected chi connectivity index (χ4v) is 2.31. The van der Waals surface area contributed by atoms with Gasteiger partial charge >= 0.3 is 5.97 Å². The molecular weight excluding hydrogens is 240 g/mol. The number of hydrogen-bond donors (Lipinski definition) is 2. The minimum absolute atomic E-state index is 0.0184. The molecule has 1 heterocycles. The number of carbonyl (C=O) groups excluding carboxylic acids is 1. The summed E-state index contributed by atoms with van der Waals surface area (Å²) in [4.78, 5) is 27.1. The van der Waals surface area contributed by atoms with Crippen LogP contribution in [0.25, 0.3) is 0 Å². The van der Waals surface area contributed by atoms with Crippen molar-refractivity contribution in [2.45, 2.75) is 39.5 Å². The highest BCUT2D eigenvalue weighted by Gasteiger charge is 2.09. The lowest BCUT2D eigenvalue weighted by atomic mass is 10.2. The molecule has 1 aromatic rings. The quantitative estimate of drug-likeness (QED) is 0.817. The van der Waals surface area contributed by atoms with Crippen LogP contribution in [0.1, 0.15) is 36.8 Å². The first-order valence-electron chi connectivity index (χ1n) is 5.51. The van der Waals surface area contributed by atoms with Crippen LogP contribution in [0.5, 0.6) is 0 Å². The second kappa shape index (κ2) is 6.34. The molecule has 0 radical (unpaired) electrons. The molecule has 0 aromatic carbocycles. The molecule has 0 unspecified atom stereocenters. The second-order valence-electron chi connectivity index (χ2n) is 3.67. The van der Waals surface area contributed by atoms with Crippen LogP contribution in [0.3, 0.4) is 0 Å². The van der Waals surface area contributed by atoms with Crippen molar-refractivity contribution in [3.8, 4) is 0 Å². The Hall–Kier alpha value is -1.43. The van der Waals surface area contributed by atoms with Gasteiger partial charge in [0.25, 0.3) is 0 Å². The van der Waals surface area contributed by atoms with Crippen LogP contribution in [-0.2, 0) is 16.0 Å². The smallest absolute Gasteiger partial charge is 0.303 e. The molecule has 0 aliphatic rings. The number of aryl methyl sites for hydroxylation is 2. The third-order valence-electron chi connectivity index (χ3n) is 2.27. The fourth-order valence-electron chi connectivity index (χ4n) is 1.39. The zero-order valence-corrected chi connectivity index (χ0v) is 10.8. The third-order valence-corrected chi connectivity index (χ3v) is 3.20. The Morgan fingerprint density at radius 2 is 2.12 bits per heavy atom. The molecule has 0 saturated heterocycles. The molecule has 0 aliphatic carbocycles. The molecule has 6 heteroatoms. The van der Waals surface area contributed by atoms with Gasteiger partial charge in [0, 0.05) is 17.7 Å². The minimum Gasteiger partial charge on any atom is -0.481 e. The molecule has 0 atom stereocenters. The maximum absolute atomic E-state index is 11.5. The standard InChI is InChI=1S/C11H16N2O3S/c1-3-8-7(2)17-11(12-8)13-9(14)5-4-6-10(15)16/h3-6H2,1-2H3,(H,15,16)(H,12,13,14). The van der Waals surface area contributed by atoms with Crippen LogP contribution in [0.15, 0.2) is 0 Å². The van der Waals surface area contributed by atoms with Crippen LogP contribution in [0.2, 0.25) is 0 Å². The van der Waals surface area contributed by atoms with Gasteiger partial charge in [-0.3, -0.25) is 9.59 Å². The van der Waals surface area contributed by atoms with Gasteiger partial charge in [-0.15, -0.1) is 11.3 Å². The van der Waals surface area contributed by atoms with Gasteiger partial charge in [-0.1, -0.05) is 6.92 Å². The maximum Gasteiger partial charge on any atom is 0.303 e. The summed E-state index contributed by atoms with van der Waals surface area (Å²) in [7, 11) is 0.